The largest absolute Gasteiger partial charge is 0.398 e. The summed E-state index contributed by atoms with van der Waals surface area (Å²) in [6.45, 7) is 2.91. The summed E-state index contributed by atoms with van der Waals surface area (Å²) in [4.78, 5) is 4.29. The lowest BCUT2D eigenvalue weighted by molar-refractivity contribution is 0.862. The van der Waals surface area contributed by atoms with E-state index in [2.05, 4.69) is 16.4 Å². The van der Waals surface area contributed by atoms with Crippen molar-refractivity contribution in [1.29, 1.82) is 0 Å². The van der Waals surface area contributed by atoms with Gasteiger partial charge in [-0.15, -0.1) is 0 Å². The Hall–Kier alpha value is -1.51. The van der Waals surface area contributed by atoms with E-state index in [4.69, 9.17) is 5.73 Å². The SMILES string of the molecule is Cc1cnc(NCCC2=CCCC2)cc1N. The van der Waals surface area contributed by atoms with Gasteiger partial charge in [0.05, 0.1) is 0 Å². The quantitative estimate of drug-likeness (QED) is 0.762. The van der Waals surface area contributed by atoms with E-state index in [9.17, 15) is 0 Å². The monoisotopic (exact) mass is 217 g/mol. The van der Waals surface area contributed by atoms with Crippen LogP contribution in [0.2, 0.25) is 0 Å². The molecule has 1 aromatic heterocycles. The van der Waals surface area contributed by atoms with E-state index >= 15 is 0 Å². The van der Waals surface area contributed by atoms with Crippen LogP contribution in [0.15, 0.2) is 23.9 Å². The number of hydrogen-bond acceptors (Lipinski definition) is 3. The van der Waals surface area contributed by atoms with Gasteiger partial charge in [0, 0.05) is 24.5 Å². The summed E-state index contributed by atoms with van der Waals surface area (Å²) in [6, 6.07) is 1.90. The number of aryl methyl sites for hydroxylation is 1. The highest BCUT2D eigenvalue weighted by atomic mass is 15.0. The molecule has 0 saturated heterocycles. The van der Waals surface area contributed by atoms with Crippen LogP contribution in [0.5, 0.6) is 0 Å². The molecule has 1 heterocycles. The first-order chi connectivity index (χ1) is 7.75. The van der Waals surface area contributed by atoms with Crippen LogP contribution in [-0.2, 0) is 0 Å². The summed E-state index contributed by atoms with van der Waals surface area (Å²) < 4.78 is 0. The number of nitrogens with one attached hydrogen (secondary N) is 1. The molecule has 0 fully saturated rings. The molecule has 2 rings (SSSR count). The first kappa shape index (κ1) is 11.0. The van der Waals surface area contributed by atoms with E-state index in [1.165, 1.54) is 19.3 Å². The number of nitrogen functional groups attached to an aromatic ring is 1. The van der Waals surface area contributed by atoms with Gasteiger partial charge in [0.1, 0.15) is 5.82 Å². The average Bonchev–Trinajstić information content (AvgIpc) is 2.76. The first-order valence-corrected chi connectivity index (χ1v) is 5.89. The van der Waals surface area contributed by atoms with Crippen LogP contribution in [0.1, 0.15) is 31.2 Å². The van der Waals surface area contributed by atoms with E-state index in [1.807, 2.05) is 19.2 Å². The fourth-order valence-corrected chi connectivity index (χ4v) is 1.95. The van der Waals surface area contributed by atoms with Crippen molar-refractivity contribution in [3.8, 4) is 0 Å². The molecule has 0 radical (unpaired) electrons. The van der Waals surface area contributed by atoms with Crippen molar-refractivity contribution in [3.05, 3.63) is 29.5 Å². The van der Waals surface area contributed by atoms with E-state index < -0.39 is 0 Å². The van der Waals surface area contributed by atoms with E-state index in [0.29, 0.717) is 0 Å². The third-order valence-corrected chi connectivity index (χ3v) is 3.03. The number of hydrogen-bond donors (Lipinski definition) is 2. The molecule has 0 bridgehead atoms. The van der Waals surface area contributed by atoms with E-state index in [-0.39, 0.29) is 0 Å². The Morgan fingerprint density at radius 1 is 1.50 bits per heavy atom. The Labute approximate surface area is 96.8 Å². The molecule has 0 atom stereocenters. The Bertz CT molecular complexity index is 396. The summed E-state index contributed by atoms with van der Waals surface area (Å²) in [5.41, 5.74) is 9.23. The highest BCUT2D eigenvalue weighted by Crippen LogP contribution is 2.20. The van der Waals surface area contributed by atoms with Crippen molar-refractivity contribution in [2.24, 2.45) is 0 Å². The van der Waals surface area contributed by atoms with Crippen LogP contribution in [0.25, 0.3) is 0 Å². The first-order valence-electron chi connectivity index (χ1n) is 5.89. The molecule has 3 N–H and O–H groups in total. The van der Waals surface area contributed by atoms with Gasteiger partial charge < -0.3 is 11.1 Å². The summed E-state index contributed by atoms with van der Waals surface area (Å²) in [6.07, 6.45) is 9.14. The zero-order valence-electron chi connectivity index (χ0n) is 9.79. The molecule has 0 amide bonds. The van der Waals surface area contributed by atoms with Crippen LogP contribution in [0.4, 0.5) is 11.5 Å². The molecule has 86 valence electrons. The number of aromatic nitrogens is 1. The van der Waals surface area contributed by atoms with Crippen molar-refractivity contribution in [1.82, 2.24) is 4.98 Å². The number of nitrogens with two attached hydrogens (primary N) is 1. The van der Waals surface area contributed by atoms with E-state index in [1.54, 1.807) is 5.57 Å². The molecule has 3 heteroatoms. The van der Waals surface area contributed by atoms with Crippen molar-refractivity contribution >= 4 is 11.5 Å². The van der Waals surface area contributed by atoms with Gasteiger partial charge in [-0.1, -0.05) is 11.6 Å². The molecule has 16 heavy (non-hydrogen) atoms. The van der Waals surface area contributed by atoms with Crippen molar-refractivity contribution in [2.45, 2.75) is 32.6 Å². The highest BCUT2D eigenvalue weighted by Gasteiger charge is 2.04. The van der Waals surface area contributed by atoms with Gasteiger partial charge in [-0.25, -0.2) is 4.98 Å². The summed E-state index contributed by atoms with van der Waals surface area (Å²) in [5.74, 6) is 0.877. The molecular weight excluding hydrogens is 198 g/mol. The normalized spacial score (nSPS) is 14.9. The topological polar surface area (TPSA) is 50.9 Å². The van der Waals surface area contributed by atoms with Gasteiger partial charge in [-0.05, 0) is 38.2 Å². The Morgan fingerprint density at radius 2 is 2.38 bits per heavy atom. The number of nitrogens with zero attached hydrogens (tertiary/aromatic N) is 1. The Kier molecular flexibility index (Phi) is 3.44. The summed E-state index contributed by atoms with van der Waals surface area (Å²) >= 11 is 0. The predicted molar refractivity (Wildman–Crippen MR) is 68.4 cm³/mol. The molecule has 0 aromatic carbocycles. The van der Waals surface area contributed by atoms with E-state index in [0.717, 1.165) is 30.0 Å². The third kappa shape index (κ3) is 2.75. The molecule has 1 aliphatic carbocycles. The third-order valence-electron chi connectivity index (χ3n) is 3.03. The lowest BCUT2D eigenvalue weighted by Gasteiger charge is -2.07. The van der Waals surface area contributed by atoms with Crippen LogP contribution < -0.4 is 11.1 Å². The number of rotatable bonds is 4. The molecule has 1 aromatic rings. The van der Waals surface area contributed by atoms with Gasteiger partial charge in [-0.2, -0.15) is 0 Å². The van der Waals surface area contributed by atoms with Gasteiger partial charge in [0.2, 0.25) is 0 Å². The second-order valence-corrected chi connectivity index (χ2v) is 4.36. The summed E-state index contributed by atoms with van der Waals surface area (Å²) in [7, 11) is 0. The predicted octanol–water partition coefficient (Wildman–Crippen LogP) is 2.88. The fraction of sp³-hybridized carbons (Fsp3) is 0.462. The molecule has 3 nitrogen and oxygen atoms in total. The second kappa shape index (κ2) is 5.01. The minimum atomic E-state index is 0.803. The van der Waals surface area contributed by atoms with Crippen LogP contribution in [-0.4, -0.2) is 11.5 Å². The van der Waals surface area contributed by atoms with Gasteiger partial charge in [-0.3, -0.25) is 0 Å². The van der Waals surface area contributed by atoms with Crippen molar-refractivity contribution in [2.75, 3.05) is 17.6 Å². The molecular formula is C13H19N3. The van der Waals surface area contributed by atoms with Crippen molar-refractivity contribution < 1.29 is 0 Å². The zero-order chi connectivity index (χ0) is 11.4. The minimum Gasteiger partial charge on any atom is -0.398 e. The Morgan fingerprint density at radius 3 is 3.06 bits per heavy atom. The van der Waals surface area contributed by atoms with Gasteiger partial charge in [0.25, 0.3) is 0 Å². The summed E-state index contributed by atoms with van der Waals surface area (Å²) in [5, 5.41) is 3.31. The Balaban J connectivity index is 1.82. The maximum Gasteiger partial charge on any atom is 0.127 e. The smallest absolute Gasteiger partial charge is 0.127 e. The van der Waals surface area contributed by atoms with Crippen molar-refractivity contribution in [3.63, 3.8) is 0 Å². The number of allylic oxidation sites excluding steroid dienone is 1. The molecule has 0 aliphatic heterocycles. The molecule has 0 saturated carbocycles. The van der Waals surface area contributed by atoms with Gasteiger partial charge >= 0.3 is 0 Å². The van der Waals surface area contributed by atoms with Crippen LogP contribution >= 0.6 is 0 Å². The zero-order valence-corrected chi connectivity index (χ0v) is 9.79. The van der Waals surface area contributed by atoms with Crippen LogP contribution in [0.3, 0.4) is 0 Å². The van der Waals surface area contributed by atoms with Crippen LogP contribution in [0, 0.1) is 6.92 Å². The lowest BCUT2D eigenvalue weighted by atomic mass is 10.2. The number of pyridine rings is 1. The maximum absolute atomic E-state index is 5.82. The lowest BCUT2D eigenvalue weighted by Crippen LogP contribution is -2.05. The fourth-order valence-electron chi connectivity index (χ4n) is 1.95. The second-order valence-electron chi connectivity index (χ2n) is 4.36. The highest BCUT2D eigenvalue weighted by molar-refractivity contribution is 5.53. The van der Waals surface area contributed by atoms with Gasteiger partial charge in [0.15, 0.2) is 0 Å². The molecule has 1 aliphatic rings. The minimum absolute atomic E-state index is 0.803. The standard InChI is InChI=1S/C13H19N3/c1-10-9-16-13(8-12(10)14)15-7-6-11-4-2-3-5-11/h4,8-9H,2-3,5-7H2,1H3,(H3,14,15,16). The molecule has 0 unspecified atom stereocenters. The molecule has 0 spiro atoms. The average molecular weight is 217 g/mol. The maximum atomic E-state index is 5.82. The number of anilines is 2.